The summed E-state index contributed by atoms with van der Waals surface area (Å²) in [6, 6.07) is 6.36. The molecule has 1 aromatic carbocycles. The lowest BCUT2D eigenvalue weighted by Gasteiger charge is -2.05. The molecule has 0 saturated heterocycles. The number of halogens is 2. The Bertz CT molecular complexity index is 654. The van der Waals surface area contributed by atoms with Crippen LogP contribution in [-0.2, 0) is 16.4 Å². The normalized spacial score (nSPS) is 11.7. The van der Waals surface area contributed by atoms with Crippen molar-refractivity contribution >= 4 is 21.4 Å². The Kier molecular flexibility index (Phi) is 4.28. The van der Waals surface area contributed by atoms with Gasteiger partial charge in [0.05, 0.1) is 0 Å². The first-order valence-corrected chi connectivity index (χ1v) is 7.82. The molecule has 1 N–H and O–H groups in total. The lowest BCUT2D eigenvalue weighted by atomic mass is 10.1. The Hall–Kier alpha value is -1.31. The third-order valence-corrected chi connectivity index (χ3v) is 5.32. The SMILES string of the molecule is O=S(=O)(NCCc1ccc(F)cc1F)c1cccs1. The van der Waals surface area contributed by atoms with Crippen molar-refractivity contribution in [1.82, 2.24) is 4.72 Å². The van der Waals surface area contributed by atoms with Crippen LogP contribution in [0.4, 0.5) is 8.78 Å². The molecular weight excluding hydrogens is 292 g/mol. The number of thiophene rings is 1. The van der Waals surface area contributed by atoms with E-state index in [-0.39, 0.29) is 22.7 Å². The number of hydrogen-bond acceptors (Lipinski definition) is 3. The van der Waals surface area contributed by atoms with Crippen molar-refractivity contribution in [2.24, 2.45) is 0 Å². The van der Waals surface area contributed by atoms with E-state index < -0.39 is 21.7 Å². The van der Waals surface area contributed by atoms with Crippen LogP contribution in [-0.4, -0.2) is 15.0 Å². The maximum absolute atomic E-state index is 13.3. The summed E-state index contributed by atoms with van der Waals surface area (Å²) >= 11 is 1.11. The first-order valence-electron chi connectivity index (χ1n) is 5.46. The van der Waals surface area contributed by atoms with Gasteiger partial charge in [0.1, 0.15) is 15.8 Å². The molecule has 19 heavy (non-hydrogen) atoms. The Balaban J connectivity index is 1.97. The molecule has 1 aromatic heterocycles. The van der Waals surface area contributed by atoms with Crippen LogP contribution in [0.1, 0.15) is 5.56 Å². The third kappa shape index (κ3) is 3.59. The molecule has 0 unspecified atom stereocenters. The Morgan fingerprint density at radius 1 is 1.21 bits per heavy atom. The highest BCUT2D eigenvalue weighted by molar-refractivity contribution is 7.91. The molecule has 0 aliphatic rings. The van der Waals surface area contributed by atoms with Crippen LogP contribution in [0, 0.1) is 11.6 Å². The molecule has 0 amide bonds. The van der Waals surface area contributed by atoms with Crippen LogP contribution in [0.25, 0.3) is 0 Å². The zero-order valence-electron chi connectivity index (χ0n) is 9.77. The van der Waals surface area contributed by atoms with Gasteiger partial charge in [-0.1, -0.05) is 12.1 Å². The van der Waals surface area contributed by atoms with E-state index in [1.807, 2.05) is 0 Å². The molecule has 2 aromatic rings. The van der Waals surface area contributed by atoms with E-state index in [0.29, 0.717) is 0 Å². The molecule has 0 bridgehead atoms. The monoisotopic (exact) mass is 303 g/mol. The lowest BCUT2D eigenvalue weighted by Crippen LogP contribution is -2.25. The minimum atomic E-state index is -3.54. The standard InChI is InChI=1S/C12H11F2NO2S2/c13-10-4-3-9(11(14)8-10)5-6-15-19(16,17)12-2-1-7-18-12/h1-4,7-8,15H,5-6H2. The minimum Gasteiger partial charge on any atom is -0.210 e. The maximum atomic E-state index is 13.3. The highest BCUT2D eigenvalue weighted by Crippen LogP contribution is 2.15. The Labute approximate surface area is 114 Å². The lowest BCUT2D eigenvalue weighted by molar-refractivity contribution is 0.566. The van der Waals surface area contributed by atoms with E-state index in [0.717, 1.165) is 23.5 Å². The van der Waals surface area contributed by atoms with Crippen LogP contribution in [0.15, 0.2) is 39.9 Å². The predicted molar refractivity (Wildman–Crippen MR) is 69.6 cm³/mol. The van der Waals surface area contributed by atoms with Gasteiger partial charge in [-0.2, -0.15) is 0 Å². The molecule has 0 atom stereocenters. The van der Waals surface area contributed by atoms with Crippen molar-refractivity contribution in [1.29, 1.82) is 0 Å². The van der Waals surface area contributed by atoms with Crippen molar-refractivity contribution in [2.45, 2.75) is 10.6 Å². The molecule has 102 valence electrons. The van der Waals surface area contributed by atoms with Crippen LogP contribution in [0.2, 0.25) is 0 Å². The summed E-state index contributed by atoms with van der Waals surface area (Å²) in [5.41, 5.74) is 0.273. The van der Waals surface area contributed by atoms with Crippen molar-refractivity contribution in [3.8, 4) is 0 Å². The number of sulfonamides is 1. The molecule has 2 rings (SSSR count). The van der Waals surface area contributed by atoms with Gasteiger partial charge in [0, 0.05) is 12.6 Å². The van der Waals surface area contributed by atoms with E-state index in [9.17, 15) is 17.2 Å². The topological polar surface area (TPSA) is 46.2 Å². The van der Waals surface area contributed by atoms with Gasteiger partial charge in [-0.15, -0.1) is 11.3 Å². The van der Waals surface area contributed by atoms with Crippen molar-refractivity contribution in [3.05, 3.63) is 52.9 Å². The van der Waals surface area contributed by atoms with Gasteiger partial charge in [-0.25, -0.2) is 21.9 Å². The van der Waals surface area contributed by atoms with Crippen LogP contribution in [0.5, 0.6) is 0 Å². The molecule has 0 fully saturated rings. The summed E-state index contributed by atoms with van der Waals surface area (Å²) in [4.78, 5) is 0. The third-order valence-electron chi connectivity index (χ3n) is 2.46. The van der Waals surface area contributed by atoms with Gasteiger partial charge < -0.3 is 0 Å². The van der Waals surface area contributed by atoms with E-state index >= 15 is 0 Å². The summed E-state index contributed by atoms with van der Waals surface area (Å²) in [6.07, 6.45) is 0.163. The average Bonchev–Trinajstić information content (AvgIpc) is 2.86. The first kappa shape index (κ1) is 14.1. The van der Waals surface area contributed by atoms with Gasteiger partial charge in [-0.05, 0) is 29.5 Å². The number of benzene rings is 1. The van der Waals surface area contributed by atoms with E-state index in [2.05, 4.69) is 4.72 Å². The highest BCUT2D eigenvalue weighted by atomic mass is 32.2. The average molecular weight is 303 g/mol. The van der Waals surface area contributed by atoms with Crippen LogP contribution >= 0.6 is 11.3 Å². The number of hydrogen-bond donors (Lipinski definition) is 1. The van der Waals surface area contributed by atoms with Gasteiger partial charge >= 0.3 is 0 Å². The fourth-order valence-electron chi connectivity index (χ4n) is 1.53. The maximum Gasteiger partial charge on any atom is 0.250 e. The smallest absolute Gasteiger partial charge is 0.210 e. The summed E-state index contributed by atoms with van der Waals surface area (Å²) in [5, 5.41) is 1.66. The van der Waals surface area contributed by atoms with Crippen molar-refractivity contribution in [2.75, 3.05) is 6.54 Å². The van der Waals surface area contributed by atoms with Gasteiger partial charge in [0.15, 0.2) is 0 Å². The Morgan fingerprint density at radius 3 is 2.63 bits per heavy atom. The molecule has 0 spiro atoms. The summed E-state index contributed by atoms with van der Waals surface area (Å²) < 4.78 is 52.1. The number of nitrogens with one attached hydrogen (secondary N) is 1. The minimum absolute atomic E-state index is 0.0583. The molecule has 3 nitrogen and oxygen atoms in total. The molecule has 1 heterocycles. The molecule has 7 heteroatoms. The van der Waals surface area contributed by atoms with Gasteiger partial charge in [-0.3, -0.25) is 0 Å². The largest absolute Gasteiger partial charge is 0.250 e. The zero-order valence-corrected chi connectivity index (χ0v) is 11.4. The predicted octanol–water partition coefficient (Wildman–Crippen LogP) is 2.55. The fourth-order valence-corrected chi connectivity index (χ4v) is 3.60. The first-order chi connectivity index (χ1) is 8.99. The molecule has 0 saturated carbocycles. The highest BCUT2D eigenvalue weighted by Gasteiger charge is 2.14. The van der Waals surface area contributed by atoms with Crippen molar-refractivity contribution in [3.63, 3.8) is 0 Å². The van der Waals surface area contributed by atoms with Gasteiger partial charge in [0.25, 0.3) is 0 Å². The Morgan fingerprint density at radius 2 is 2.00 bits per heavy atom. The van der Waals surface area contributed by atoms with Gasteiger partial charge in [0.2, 0.25) is 10.0 Å². The van der Waals surface area contributed by atoms with Crippen LogP contribution < -0.4 is 4.72 Å². The number of rotatable bonds is 5. The second-order valence-electron chi connectivity index (χ2n) is 3.82. The summed E-state index contributed by atoms with van der Waals surface area (Å²) in [6.45, 7) is 0.0583. The van der Waals surface area contributed by atoms with E-state index in [1.54, 1.807) is 11.4 Å². The molecule has 0 aliphatic carbocycles. The van der Waals surface area contributed by atoms with E-state index in [1.165, 1.54) is 12.1 Å². The molecule has 0 radical (unpaired) electrons. The van der Waals surface area contributed by atoms with Crippen molar-refractivity contribution < 1.29 is 17.2 Å². The quantitative estimate of drug-likeness (QED) is 0.922. The molecular formula is C12H11F2NO2S2. The zero-order chi connectivity index (χ0) is 13.9. The summed E-state index contributed by atoms with van der Waals surface area (Å²) in [7, 11) is -3.54. The second-order valence-corrected chi connectivity index (χ2v) is 6.76. The van der Waals surface area contributed by atoms with Crippen LogP contribution in [0.3, 0.4) is 0 Å². The summed E-state index contributed by atoms with van der Waals surface area (Å²) in [5.74, 6) is -1.32. The van der Waals surface area contributed by atoms with E-state index in [4.69, 9.17) is 0 Å². The second kappa shape index (κ2) is 5.77. The fraction of sp³-hybridized carbons (Fsp3) is 0.167. The molecule has 0 aliphatic heterocycles.